The zero-order valence-corrected chi connectivity index (χ0v) is 11.7. The lowest BCUT2D eigenvalue weighted by Crippen LogP contribution is -2.33. The summed E-state index contributed by atoms with van der Waals surface area (Å²) in [6.07, 6.45) is 5.21. The number of phenolic OH excluding ortho intramolecular Hbond substituents is 2. The van der Waals surface area contributed by atoms with Gasteiger partial charge in [-0.05, 0) is 55.2 Å². The number of amides is 1. The maximum absolute atomic E-state index is 12.4. The van der Waals surface area contributed by atoms with Gasteiger partial charge in [0, 0.05) is 13.6 Å². The van der Waals surface area contributed by atoms with Crippen LogP contribution in [0, 0.1) is 17.8 Å². The highest BCUT2D eigenvalue weighted by atomic mass is 16.3. The van der Waals surface area contributed by atoms with Crippen molar-refractivity contribution in [2.45, 2.75) is 25.7 Å². The van der Waals surface area contributed by atoms with Crippen LogP contribution in [-0.4, -0.2) is 34.6 Å². The van der Waals surface area contributed by atoms with E-state index in [1.165, 1.54) is 43.9 Å². The third kappa shape index (κ3) is 2.35. The van der Waals surface area contributed by atoms with Crippen LogP contribution in [0.3, 0.4) is 0 Å². The van der Waals surface area contributed by atoms with E-state index in [1.54, 1.807) is 11.9 Å². The van der Waals surface area contributed by atoms with Crippen molar-refractivity contribution in [3.63, 3.8) is 0 Å². The van der Waals surface area contributed by atoms with Crippen LogP contribution in [0.5, 0.6) is 11.5 Å². The van der Waals surface area contributed by atoms with Gasteiger partial charge in [-0.25, -0.2) is 0 Å². The van der Waals surface area contributed by atoms with Crippen molar-refractivity contribution in [2.24, 2.45) is 17.8 Å². The predicted octanol–water partition coefficient (Wildman–Crippen LogP) is 2.61. The molecule has 3 unspecified atom stereocenters. The molecule has 0 aliphatic heterocycles. The summed E-state index contributed by atoms with van der Waals surface area (Å²) < 4.78 is 0. The number of phenols is 2. The van der Waals surface area contributed by atoms with E-state index >= 15 is 0 Å². The van der Waals surface area contributed by atoms with E-state index < -0.39 is 0 Å². The van der Waals surface area contributed by atoms with Crippen LogP contribution in [0.15, 0.2) is 18.2 Å². The molecule has 2 N–H and O–H groups in total. The predicted molar refractivity (Wildman–Crippen MR) is 75.7 cm³/mol. The maximum atomic E-state index is 12.4. The Labute approximate surface area is 119 Å². The Bertz CT molecular complexity index is 528. The minimum absolute atomic E-state index is 0.000488. The number of carbonyl (C=O) groups is 1. The van der Waals surface area contributed by atoms with Gasteiger partial charge >= 0.3 is 0 Å². The fourth-order valence-corrected chi connectivity index (χ4v) is 3.94. The standard InChI is InChI=1S/C16H21NO3/c1-17(9-12-7-10-2-3-11(12)6-10)16(20)14-8-13(18)4-5-15(14)19/h4-5,8,10-12,18-19H,2-3,6-7,9H2,1H3. The first-order valence-corrected chi connectivity index (χ1v) is 7.32. The molecule has 0 radical (unpaired) electrons. The summed E-state index contributed by atoms with van der Waals surface area (Å²) >= 11 is 0. The zero-order valence-electron chi connectivity index (χ0n) is 11.7. The molecular formula is C16H21NO3. The molecule has 3 atom stereocenters. The van der Waals surface area contributed by atoms with Crippen LogP contribution >= 0.6 is 0 Å². The highest BCUT2D eigenvalue weighted by Crippen LogP contribution is 2.48. The van der Waals surface area contributed by atoms with Crippen LogP contribution < -0.4 is 0 Å². The number of carbonyl (C=O) groups excluding carboxylic acids is 1. The molecule has 2 fully saturated rings. The van der Waals surface area contributed by atoms with E-state index in [0.29, 0.717) is 5.92 Å². The first kappa shape index (κ1) is 13.3. The maximum Gasteiger partial charge on any atom is 0.257 e. The van der Waals surface area contributed by atoms with Crippen molar-refractivity contribution in [1.82, 2.24) is 4.90 Å². The van der Waals surface area contributed by atoms with Gasteiger partial charge in [-0.15, -0.1) is 0 Å². The van der Waals surface area contributed by atoms with Crippen molar-refractivity contribution >= 4 is 5.91 Å². The molecule has 0 saturated heterocycles. The van der Waals surface area contributed by atoms with Crippen molar-refractivity contribution in [3.05, 3.63) is 23.8 Å². The number of hydrogen-bond donors (Lipinski definition) is 2. The molecule has 3 rings (SSSR count). The molecule has 20 heavy (non-hydrogen) atoms. The molecule has 1 aromatic carbocycles. The highest BCUT2D eigenvalue weighted by Gasteiger charge is 2.40. The lowest BCUT2D eigenvalue weighted by atomic mass is 9.88. The van der Waals surface area contributed by atoms with E-state index in [4.69, 9.17) is 0 Å². The Morgan fingerprint density at radius 2 is 2.10 bits per heavy atom. The monoisotopic (exact) mass is 275 g/mol. The molecule has 4 heteroatoms. The summed E-state index contributed by atoms with van der Waals surface area (Å²) in [4.78, 5) is 14.0. The van der Waals surface area contributed by atoms with Gasteiger partial charge in [-0.2, -0.15) is 0 Å². The molecule has 1 amide bonds. The number of hydrogen-bond acceptors (Lipinski definition) is 3. The van der Waals surface area contributed by atoms with Crippen molar-refractivity contribution in [2.75, 3.05) is 13.6 Å². The Kier molecular flexibility index (Phi) is 3.32. The summed E-state index contributed by atoms with van der Waals surface area (Å²) in [5, 5.41) is 19.2. The van der Waals surface area contributed by atoms with Crippen LogP contribution in [0.2, 0.25) is 0 Å². The van der Waals surface area contributed by atoms with E-state index in [-0.39, 0.29) is 23.0 Å². The van der Waals surface area contributed by atoms with Crippen molar-refractivity contribution in [3.8, 4) is 11.5 Å². The van der Waals surface area contributed by atoms with E-state index in [1.807, 2.05) is 0 Å². The Morgan fingerprint density at radius 3 is 2.75 bits per heavy atom. The molecule has 2 saturated carbocycles. The second-order valence-corrected chi connectivity index (χ2v) is 6.32. The zero-order chi connectivity index (χ0) is 14.3. The molecule has 0 spiro atoms. The number of benzene rings is 1. The Balaban J connectivity index is 1.69. The molecule has 0 aromatic heterocycles. The molecule has 4 nitrogen and oxygen atoms in total. The van der Waals surface area contributed by atoms with Gasteiger partial charge < -0.3 is 15.1 Å². The Morgan fingerprint density at radius 1 is 1.30 bits per heavy atom. The largest absolute Gasteiger partial charge is 0.508 e. The van der Waals surface area contributed by atoms with Gasteiger partial charge in [0.05, 0.1) is 5.56 Å². The molecule has 108 valence electrons. The molecule has 2 bridgehead atoms. The first-order valence-electron chi connectivity index (χ1n) is 7.32. The van der Waals surface area contributed by atoms with Crippen LogP contribution in [-0.2, 0) is 0 Å². The summed E-state index contributed by atoms with van der Waals surface area (Å²) in [7, 11) is 1.78. The fourth-order valence-electron chi connectivity index (χ4n) is 3.94. The third-order valence-corrected chi connectivity index (χ3v) is 4.95. The summed E-state index contributed by atoms with van der Waals surface area (Å²) in [5.74, 6) is 1.94. The average Bonchev–Trinajstić information content (AvgIpc) is 3.03. The molecule has 2 aliphatic carbocycles. The van der Waals surface area contributed by atoms with Crippen LogP contribution in [0.1, 0.15) is 36.0 Å². The molecule has 0 heterocycles. The molecule has 2 aliphatic rings. The van der Waals surface area contributed by atoms with Gasteiger partial charge in [0.15, 0.2) is 0 Å². The fraction of sp³-hybridized carbons (Fsp3) is 0.562. The van der Waals surface area contributed by atoms with Crippen molar-refractivity contribution in [1.29, 1.82) is 0 Å². The van der Waals surface area contributed by atoms with Crippen molar-refractivity contribution < 1.29 is 15.0 Å². The minimum atomic E-state index is -0.221. The summed E-state index contributed by atoms with van der Waals surface area (Å²) in [6.45, 7) is 0.745. The number of fused-ring (bicyclic) bond motifs is 2. The van der Waals surface area contributed by atoms with Gasteiger partial charge in [0.1, 0.15) is 11.5 Å². The first-order chi connectivity index (χ1) is 9.54. The molecular weight excluding hydrogens is 254 g/mol. The van der Waals surface area contributed by atoms with E-state index in [0.717, 1.165) is 18.4 Å². The normalized spacial score (nSPS) is 27.8. The SMILES string of the molecule is CN(CC1CC2CCC1C2)C(=O)c1cc(O)ccc1O. The van der Waals surface area contributed by atoms with Crippen LogP contribution in [0.25, 0.3) is 0 Å². The lowest BCUT2D eigenvalue weighted by molar-refractivity contribution is 0.0751. The Hall–Kier alpha value is -1.71. The number of aromatic hydroxyl groups is 2. The third-order valence-electron chi connectivity index (χ3n) is 4.95. The molecule has 1 aromatic rings. The number of rotatable bonds is 3. The second-order valence-electron chi connectivity index (χ2n) is 6.32. The van der Waals surface area contributed by atoms with Gasteiger partial charge in [-0.1, -0.05) is 6.42 Å². The topological polar surface area (TPSA) is 60.8 Å². The van der Waals surface area contributed by atoms with Gasteiger partial charge in [0.2, 0.25) is 0 Å². The van der Waals surface area contributed by atoms with Gasteiger partial charge in [0.25, 0.3) is 5.91 Å². The average molecular weight is 275 g/mol. The van der Waals surface area contributed by atoms with E-state index in [9.17, 15) is 15.0 Å². The lowest BCUT2D eigenvalue weighted by Gasteiger charge is -2.27. The van der Waals surface area contributed by atoms with Crippen LogP contribution in [0.4, 0.5) is 0 Å². The van der Waals surface area contributed by atoms with E-state index in [2.05, 4.69) is 0 Å². The smallest absolute Gasteiger partial charge is 0.257 e. The number of nitrogens with zero attached hydrogens (tertiary/aromatic N) is 1. The highest BCUT2D eigenvalue weighted by molar-refractivity contribution is 5.97. The minimum Gasteiger partial charge on any atom is -0.508 e. The quantitative estimate of drug-likeness (QED) is 0.834. The second kappa shape index (κ2) is 5.00. The van der Waals surface area contributed by atoms with Gasteiger partial charge in [-0.3, -0.25) is 4.79 Å². The summed E-state index contributed by atoms with van der Waals surface area (Å²) in [6, 6.07) is 4.06. The summed E-state index contributed by atoms with van der Waals surface area (Å²) in [5.41, 5.74) is 0.177.